The summed E-state index contributed by atoms with van der Waals surface area (Å²) in [7, 11) is 0. The Bertz CT molecular complexity index is 265. The molecule has 0 bridgehead atoms. The van der Waals surface area contributed by atoms with Crippen LogP contribution in [0.2, 0.25) is 0 Å². The van der Waals surface area contributed by atoms with Crippen molar-refractivity contribution in [1.29, 1.82) is 0 Å². The highest BCUT2D eigenvalue weighted by molar-refractivity contribution is 5.85. The molecule has 1 amide bonds. The SMILES string of the molecule is CCC1C(N)C(=O)N2C1COC2(C)C. The molecule has 2 heterocycles. The first-order valence-electron chi connectivity index (χ1n) is 5.21. The molecule has 0 aromatic carbocycles. The monoisotopic (exact) mass is 198 g/mol. The van der Waals surface area contributed by atoms with Gasteiger partial charge in [0.15, 0.2) is 0 Å². The van der Waals surface area contributed by atoms with Crippen molar-refractivity contribution in [1.82, 2.24) is 4.90 Å². The van der Waals surface area contributed by atoms with Crippen LogP contribution in [0.15, 0.2) is 0 Å². The van der Waals surface area contributed by atoms with Crippen LogP contribution < -0.4 is 5.73 Å². The fourth-order valence-corrected chi connectivity index (χ4v) is 2.69. The second-order valence-electron chi connectivity index (χ2n) is 4.63. The molecule has 2 saturated heterocycles. The number of rotatable bonds is 1. The predicted molar refractivity (Wildman–Crippen MR) is 52.4 cm³/mol. The van der Waals surface area contributed by atoms with Gasteiger partial charge in [-0.2, -0.15) is 0 Å². The van der Waals surface area contributed by atoms with E-state index in [0.717, 1.165) is 6.42 Å². The van der Waals surface area contributed by atoms with Crippen LogP contribution in [-0.2, 0) is 9.53 Å². The average molecular weight is 198 g/mol. The van der Waals surface area contributed by atoms with E-state index >= 15 is 0 Å². The standard InChI is InChI=1S/C10H18N2O2/c1-4-6-7-5-14-10(2,3)12(7)9(13)8(6)11/h6-8H,4-5,11H2,1-3H3. The molecular weight excluding hydrogens is 180 g/mol. The van der Waals surface area contributed by atoms with Gasteiger partial charge in [-0.3, -0.25) is 4.79 Å². The van der Waals surface area contributed by atoms with E-state index in [9.17, 15) is 4.79 Å². The molecule has 0 radical (unpaired) electrons. The van der Waals surface area contributed by atoms with Gasteiger partial charge in [0.2, 0.25) is 5.91 Å². The van der Waals surface area contributed by atoms with Crippen LogP contribution >= 0.6 is 0 Å². The quantitative estimate of drug-likeness (QED) is 0.660. The maximum absolute atomic E-state index is 11.9. The van der Waals surface area contributed by atoms with E-state index < -0.39 is 5.72 Å². The van der Waals surface area contributed by atoms with Crippen LogP contribution in [0.3, 0.4) is 0 Å². The van der Waals surface area contributed by atoms with Crippen LogP contribution in [0.1, 0.15) is 27.2 Å². The van der Waals surface area contributed by atoms with E-state index in [0.29, 0.717) is 6.61 Å². The lowest BCUT2D eigenvalue weighted by Gasteiger charge is -2.29. The second kappa shape index (κ2) is 2.94. The minimum Gasteiger partial charge on any atom is -0.354 e. The maximum atomic E-state index is 11.9. The highest BCUT2D eigenvalue weighted by Gasteiger charge is 2.55. The summed E-state index contributed by atoms with van der Waals surface area (Å²) in [6.07, 6.45) is 0.938. The number of carbonyl (C=O) groups is 1. The number of nitrogens with two attached hydrogens (primary N) is 1. The van der Waals surface area contributed by atoms with Gasteiger partial charge in [0, 0.05) is 5.92 Å². The smallest absolute Gasteiger partial charge is 0.242 e. The van der Waals surface area contributed by atoms with Gasteiger partial charge < -0.3 is 15.4 Å². The van der Waals surface area contributed by atoms with Crippen molar-refractivity contribution >= 4 is 5.91 Å². The number of amides is 1. The average Bonchev–Trinajstić information content (AvgIpc) is 2.53. The van der Waals surface area contributed by atoms with Crippen LogP contribution in [0.4, 0.5) is 0 Å². The Kier molecular flexibility index (Phi) is 2.08. The summed E-state index contributed by atoms with van der Waals surface area (Å²) < 4.78 is 5.61. The van der Waals surface area contributed by atoms with Crippen molar-refractivity contribution in [3.63, 3.8) is 0 Å². The van der Waals surface area contributed by atoms with Gasteiger partial charge >= 0.3 is 0 Å². The van der Waals surface area contributed by atoms with Gasteiger partial charge in [0.1, 0.15) is 5.72 Å². The van der Waals surface area contributed by atoms with Gasteiger partial charge in [-0.05, 0) is 20.3 Å². The first-order valence-corrected chi connectivity index (χ1v) is 5.21. The van der Waals surface area contributed by atoms with Gasteiger partial charge in [0.05, 0.1) is 18.7 Å². The van der Waals surface area contributed by atoms with Crippen LogP contribution in [-0.4, -0.2) is 35.2 Å². The third-order valence-electron chi connectivity index (χ3n) is 3.47. The Hall–Kier alpha value is -0.610. The molecule has 2 aliphatic rings. The Morgan fingerprint density at radius 1 is 1.64 bits per heavy atom. The minimum atomic E-state index is -0.469. The Morgan fingerprint density at radius 2 is 2.29 bits per heavy atom. The Morgan fingerprint density at radius 3 is 2.86 bits per heavy atom. The molecule has 0 aromatic heterocycles. The van der Waals surface area contributed by atoms with Crippen LogP contribution in [0, 0.1) is 5.92 Å². The molecule has 3 atom stereocenters. The molecule has 3 unspecified atom stereocenters. The molecule has 2 aliphatic heterocycles. The van der Waals surface area contributed by atoms with E-state index in [1.807, 2.05) is 18.7 Å². The van der Waals surface area contributed by atoms with Crippen molar-refractivity contribution in [3.8, 4) is 0 Å². The van der Waals surface area contributed by atoms with Crippen LogP contribution in [0.25, 0.3) is 0 Å². The number of nitrogens with zero attached hydrogens (tertiary/aromatic N) is 1. The summed E-state index contributed by atoms with van der Waals surface area (Å²) in [4.78, 5) is 13.7. The normalized spacial score (nSPS) is 40.4. The van der Waals surface area contributed by atoms with Crippen molar-refractivity contribution in [2.75, 3.05) is 6.61 Å². The zero-order chi connectivity index (χ0) is 10.5. The largest absolute Gasteiger partial charge is 0.354 e. The number of ether oxygens (including phenoxy) is 1. The maximum Gasteiger partial charge on any atom is 0.242 e. The number of hydrogen-bond acceptors (Lipinski definition) is 3. The minimum absolute atomic E-state index is 0.0457. The third kappa shape index (κ3) is 1.10. The topological polar surface area (TPSA) is 55.6 Å². The molecule has 80 valence electrons. The van der Waals surface area contributed by atoms with Crippen molar-refractivity contribution in [2.24, 2.45) is 11.7 Å². The first-order chi connectivity index (χ1) is 6.49. The summed E-state index contributed by atoms with van der Waals surface area (Å²) in [6, 6.07) is -0.134. The molecule has 0 aliphatic carbocycles. The van der Waals surface area contributed by atoms with Crippen LogP contribution in [0.5, 0.6) is 0 Å². The van der Waals surface area contributed by atoms with E-state index in [1.54, 1.807) is 0 Å². The molecule has 0 aromatic rings. The molecule has 4 heteroatoms. The lowest BCUT2D eigenvalue weighted by molar-refractivity contribution is -0.142. The molecule has 2 N–H and O–H groups in total. The summed E-state index contributed by atoms with van der Waals surface area (Å²) >= 11 is 0. The zero-order valence-corrected chi connectivity index (χ0v) is 8.99. The fourth-order valence-electron chi connectivity index (χ4n) is 2.69. The van der Waals surface area contributed by atoms with Crippen molar-refractivity contribution in [3.05, 3.63) is 0 Å². The zero-order valence-electron chi connectivity index (χ0n) is 8.99. The third-order valence-corrected chi connectivity index (χ3v) is 3.47. The summed E-state index contributed by atoms with van der Waals surface area (Å²) in [5, 5.41) is 0. The van der Waals surface area contributed by atoms with Gasteiger partial charge in [-0.1, -0.05) is 6.92 Å². The summed E-state index contributed by atoms with van der Waals surface area (Å²) in [5.74, 6) is 0.300. The summed E-state index contributed by atoms with van der Waals surface area (Å²) in [5.41, 5.74) is 5.43. The first kappa shape index (κ1) is 9.93. The van der Waals surface area contributed by atoms with Gasteiger partial charge in [-0.15, -0.1) is 0 Å². The van der Waals surface area contributed by atoms with Gasteiger partial charge in [0.25, 0.3) is 0 Å². The summed E-state index contributed by atoms with van der Waals surface area (Å²) in [6.45, 7) is 6.56. The molecule has 2 fully saturated rings. The molecule has 14 heavy (non-hydrogen) atoms. The lowest BCUT2D eigenvalue weighted by Crippen LogP contribution is -2.46. The number of hydrogen-bond donors (Lipinski definition) is 1. The highest BCUT2D eigenvalue weighted by Crippen LogP contribution is 2.39. The number of fused-ring (bicyclic) bond motifs is 1. The van der Waals surface area contributed by atoms with E-state index in [2.05, 4.69) is 6.92 Å². The molecule has 2 rings (SSSR count). The van der Waals surface area contributed by atoms with E-state index in [-0.39, 0.29) is 23.9 Å². The number of carbonyl (C=O) groups excluding carboxylic acids is 1. The highest BCUT2D eigenvalue weighted by atomic mass is 16.5. The van der Waals surface area contributed by atoms with E-state index in [1.165, 1.54) is 0 Å². The molecule has 4 nitrogen and oxygen atoms in total. The second-order valence-corrected chi connectivity index (χ2v) is 4.63. The van der Waals surface area contributed by atoms with E-state index in [4.69, 9.17) is 10.5 Å². The molecule has 0 spiro atoms. The van der Waals surface area contributed by atoms with Gasteiger partial charge in [-0.25, -0.2) is 0 Å². The lowest BCUT2D eigenvalue weighted by atomic mass is 9.94. The molecule has 0 saturated carbocycles. The van der Waals surface area contributed by atoms with Crippen molar-refractivity contribution in [2.45, 2.75) is 45.0 Å². The Labute approximate surface area is 84.4 Å². The van der Waals surface area contributed by atoms with Crippen molar-refractivity contribution < 1.29 is 9.53 Å². The predicted octanol–water partition coefficient (Wildman–Crippen LogP) is 0.317. The molecular formula is C10H18N2O2. The fraction of sp³-hybridized carbons (Fsp3) is 0.900. The Balaban J connectivity index is 2.30.